The molecule has 1 N–H and O–H groups in total. The number of amides is 1. The second-order valence-electron chi connectivity index (χ2n) is 8.62. The molecule has 0 saturated carbocycles. The average Bonchev–Trinajstić information content (AvgIpc) is 3.29. The third-order valence-corrected chi connectivity index (χ3v) is 5.93. The molecule has 0 unspecified atom stereocenters. The Labute approximate surface area is 183 Å². The van der Waals surface area contributed by atoms with E-state index in [0.29, 0.717) is 12.5 Å². The van der Waals surface area contributed by atoms with Crippen LogP contribution in [-0.4, -0.2) is 34.0 Å². The van der Waals surface area contributed by atoms with Crippen LogP contribution in [0.1, 0.15) is 71.5 Å². The van der Waals surface area contributed by atoms with Crippen molar-refractivity contribution < 1.29 is 9.32 Å². The lowest BCUT2D eigenvalue weighted by Crippen LogP contribution is -2.34. The Morgan fingerprint density at radius 1 is 1.16 bits per heavy atom. The Kier molecular flexibility index (Phi) is 6.77. The van der Waals surface area contributed by atoms with Crippen LogP contribution in [0.15, 0.2) is 59.4 Å². The summed E-state index contributed by atoms with van der Waals surface area (Å²) in [5, 5.41) is 7.09. The van der Waals surface area contributed by atoms with Gasteiger partial charge in [-0.05, 0) is 54.1 Å². The summed E-state index contributed by atoms with van der Waals surface area (Å²) < 4.78 is 5.36. The van der Waals surface area contributed by atoms with E-state index in [1.807, 2.05) is 12.1 Å². The van der Waals surface area contributed by atoms with Gasteiger partial charge >= 0.3 is 0 Å². The van der Waals surface area contributed by atoms with Crippen LogP contribution < -0.4 is 5.32 Å². The van der Waals surface area contributed by atoms with Crippen molar-refractivity contribution in [1.82, 2.24) is 20.4 Å². The van der Waals surface area contributed by atoms with Gasteiger partial charge in [0.1, 0.15) is 0 Å². The average molecular weight is 419 g/mol. The molecule has 0 radical (unpaired) electrons. The van der Waals surface area contributed by atoms with Gasteiger partial charge < -0.3 is 9.84 Å². The van der Waals surface area contributed by atoms with Gasteiger partial charge in [-0.15, -0.1) is 0 Å². The van der Waals surface area contributed by atoms with Crippen molar-refractivity contribution in [2.75, 3.05) is 13.1 Å². The molecule has 6 nitrogen and oxygen atoms in total. The van der Waals surface area contributed by atoms with E-state index in [9.17, 15) is 4.79 Å². The summed E-state index contributed by atoms with van der Waals surface area (Å²) in [7, 11) is 0. The molecule has 1 saturated heterocycles. The molecule has 1 atom stereocenters. The number of carbonyl (C=O) groups excluding carboxylic acids is 1. The molecule has 1 aliphatic heterocycles. The summed E-state index contributed by atoms with van der Waals surface area (Å²) in [5.74, 6) is 0.866. The molecule has 0 spiro atoms. The molecule has 1 aromatic carbocycles. The van der Waals surface area contributed by atoms with Crippen LogP contribution in [0.4, 0.5) is 0 Å². The largest absolute Gasteiger partial charge is 0.351 e. The van der Waals surface area contributed by atoms with Crippen LogP contribution in [0, 0.1) is 0 Å². The molecule has 1 amide bonds. The SMILES string of the molecule is CC(C)c1ccc(CN2CCC[C@H](c3cc(C(=O)NCc4ccncc4)on3)C2)cc1. The summed E-state index contributed by atoms with van der Waals surface area (Å²) in [5.41, 5.74) is 4.57. The fraction of sp³-hybridized carbons (Fsp3) is 0.400. The highest BCUT2D eigenvalue weighted by molar-refractivity contribution is 5.91. The van der Waals surface area contributed by atoms with Gasteiger partial charge in [-0.1, -0.05) is 43.3 Å². The maximum Gasteiger partial charge on any atom is 0.290 e. The number of carbonyl (C=O) groups is 1. The molecule has 0 bridgehead atoms. The van der Waals surface area contributed by atoms with Crippen molar-refractivity contribution >= 4 is 5.91 Å². The number of rotatable bonds is 7. The Bertz CT molecular complexity index is 982. The van der Waals surface area contributed by atoms with E-state index in [0.717, 1.165) is 43.7 Å². The Balaban J connectivity index is 1.33. The number of hydrogen-bond acceptors (Lipinski definition) is 5. The van der Waals surface area contributed by atoms with Gasteiger partial charge in [0.05, 0.1) is 5.69 Å². The zero-order valence-electron chi connectivity index (χ0n) is 18.3. The molecule has 1 aliphatic rings. The van der Waals surface area contributed by atoms with Crippen molar-refractivity contribution in [3.8, 4) is 0 Å². The van der Waals surface area contributed by atoms with Crippen molar-refractivity contribution in [3.63, 3.8) is 0 Å². The number of likely N-dealkylation sites (tertiary alicyclic amines) is 1. The minimum absolute atomic E-state index is 0.242. The third kappa shape index (κ3) is 5.58. The van der Waals surface area contributed by atoms with E-state index in [2.05, 4.69) is 58.5 Å². The smallest absolute Gasteiger partial charge is 0.290 e. The summed E-state index contributed by atoms with van der Waals surface area (Å²) in [4.78, 5) is 18.9. The van der Waals surface area contributed by atoms with Gasteiger partial charge in [-0.25, -0.2) is 0 Å². The molecule has 4 rings (SSSR count). The molecule has 0 aliphatic carbocycles. The van der Waals surface area contributed by atoms with E-state index >= 15 is 0 Å². The van der Waals surface area contributed by atoms with Crippen LogP contribution >= 0.6 is 0 Å². The highest BCUT2D eigenvalue weighted by atomic mass is 16.5. The monoisotopic (exact) mass is 418 g/mol. The van der Waals surface area contributed by atoms with Crippen LogP contribution in [-0.2, 0) is 13.1 Å². The lowest BCUT2D eigenvalue weighted by molar-refractivity contribution is 0.0913. The minimum Gasteiger partial charge on any atom is -0.351 e. The number of benzene rings is 1. The first-order valence-corrected chi connectivity index (χ1v) is 11.0. The fourth-order valence-corrected chi connectivity index (χ4v) is 4.07. The van der Waals surface area contributed by atoms with Crippen LogP contribution in [0.3, 0.4) is 0 Å². The van der Waals surface area contributed by atoms with Crippen LogP contribution in [0.2, 0.25) is 0 Å². The lowest BCUT2D eigenvalue weighted by atomic mass is 9.94. The summed E-state index contributed by atoms with van der Waals surface area (Å²) in [6, 6.07) is 14.5. The quantitative estimate of drug-likeness (QED) is 0.612. The van der Waals surface area contributed by atoms with Gasteiger partial charge in [-0.2, -0.15) is 0 Å². The molecule has 3 aromatic rings. The van der Waals surface area contributed by atoms with E-state index in [4.69, 9.17) is 4.52 Å². The molecule has 1 fully saturated rings. The molecule has 162 valence electrons. The number of piperidine rings is 1. The summed E-state index contributed by atoms with van der Waals surface area (Å²) >= 11 is 0. The van der Waals surface area contributed by atoms with Crippen molar-refractivity contribution in [1.29, 1.82) is 0 Å². The highest BCUT2D eigenvalue weighted by Crippen LogP contribution is 2.28. The minimum atomic E-state index is -0.242. The molecule has 6 heteroatoms. The molecule has 2 aromatic heterocycles. The number of nitrogens with one attached hydrogen (secondary N) is 1. The predicted molar refractivity (Wildman–Crippen MR) is 120 cm³/mol. The molecular weight excluding hydrogens is 388 g/mol. The van der Waals surface area contributed by atoms with Crippen molar-refractivity contribution in [2.24, 2.45) is 0 Å². The standard InChI is InChI=1S/C25H30N4O2/c1-18(2)21-7-5-20(6-8-21)16-29-13-3-4-22(17-29)23-14-24(31-28-23)25(30)27-15-19-9-11-26-12-10-19/h5-12,14,18,22H,3-4,13,15-17H2,1-2H3,(H,27,30)/t22-/m0/s1. The lowest BCUT2D eigenvalue weighted by Gasteiger charge is -2.31. The van der Waals surface area contributed by atoms with Gasteiger partial charge in [0.15, 0.2) is 0 Å². The van der Waals surface area contributed by atoms with E-state index in [1.165, 1.54) is 11.1 Å². The Hall–Kier alpha value is -2.99. The Morgan fingerprint density at radius 3 is 2.68 bits per heavy atom. The Morgan fingerprint density at radius 2 is 1.94 bits per heavy atom. The predicted octanol–water partition coefficient (Wildman–Crippen LogP) is 4.50. The van der Waals surface area contributed by atoms with E-state index in [1.54, 1.807) is 18.5 Å². The zero-order valence-corrected chi connectivity index (χ0v) is 18.3. The summed E-state index contributed by atoms with van der Waals surface area (Å²) in [6.45, 7) is 7.82. The maximum absolute atomic E-state index is 12.4. The van der Waals surface area contributed by atoms with Crippen molar-refractivity contribution in [3.05, 3.63) is 83.0 Å². The maximum atomic E-state index is 12.4. The van der Waals surface area contributed by atoms with Crippen molar-refractivity contribution in [2.45, 2.75) is 51.6 Å². The van der Waals surface area contributed by atoms with Crippen LogP contribution in [0.5, 0.6) is 0 Å². The molecule has 31 heavy (non-hydrogen) atoms. The number of hydrogen-bond donors (Lipinski definition) is 1. The second-order valence-corrected chi connectivity index (χ2v) is 8.62. The van der Waals surface area contributed by atoms with E-state index in [-0.39, 0.29) is 17.6 Å². The first kappa shape index (κ1) is 21.2. The number of aromatic nitrogens is 2. The van der Waals surface area contributed by atoms with Crippen LogP contribution in [0.25, 0.3) is 0 Å². The third-order valence-electron chi connectivity index (χ3n) is 5.93. The normalized spacial score (nSPS) is 17.1. The summed E-state index contributed by atoms with van der Waals surface area (Å²) in [6.07, 6.45) is 5.60. The van der Waals surface area contributed by atoms with E-state index < -0.39 is 0 Å². The molecule has 3 heterocycles. The number of nitrogens with zero attached hydrogens (tertiary/aromatic N) is 3. The van der Waals surface area contributed by atoms with Gasteiger partial charge in [0, 0.05) is 44.0 Å². The second kappa shape index (κ2) is 9.88. The zero-order chi connectivity index (χ0) is 21.6. The highest BCUT2D eigenvalue weighted by Gasteiger charge is 2.25. The fourth-order valence-electron chi connectivity index (χ4n) is 4.07. The van der Waals surface area contributed by atoms with Gasteiger partial charge in [0.25, 0.3) is 5.91 Å². The van der Waals surface area contributed by atoms with Gasteiger partial charge in [0.2, 0.25) is 5.76 Å². The first-order chi connectivity index (χ1) is 15.1. The molecular formula is C25H30N4O2. The first-order valence-electron chi connectivity index (χ1n) is 11.0. The topological polar surface area (TPSA) is 71.3 Å². The number of pyridine rings is 1. The van der Waals surface area contributed by atoms with Gasteiger partial charge in [-0.3, -0.25) is 14.7 Å².